The van der Waals surface area contributed by atoms with Crippen molar-refractivity contribution >= 4 is 17.7 Å². The minimum atomic E-state index is -0.299. The number of aryl methyl sites for hydroxylation is 1. The first-order valence-corrected chi connectivity index (χ1v) is 7.78. The summed E-state index contributed by atoms with van der Waals surface area (Å²) in [6.07, 6.45) is 0. The molecule has 0 aliphatic rings. The summed E-state index contributed by atoms with van der Waals surface area (Å²) in [5.41, 5.74) is 2.03. The Kier molecular flexibility index (Phi) is 5.91. The van der Waals surface area contributed by atoms with Crippen LogP contribution in [0.15, 0.2) is 29.4 Å². The van der Waals surface area contributed by atoms with E-state index in [1.54, 1.807) is 11.8 Å². The number of tetrazole rings is 1. The van der Waals surface area contributed by atoms with Crippen LogP contribution in [0.4, 0.5) is 0 Å². The fourth-order valence-electron chi connectivity index (χ4n) is 1.73. The van der Waals surface area contributed by atoms with E-state index in [9.17, 15) is 4.79 Å². The Labute approximate surface area is 133 Å². The summed E-state index contributed by atoms with van der Waals surface area (Å²) in [4.78, 5) is 12.0. The van der Waals surface area contributed by atoms with Crippen molar-refractivity contribution in [1.82, 2.24) is 25.5 Å². The Morgan fingerprint density at radius 2 is 2.14 bits per heavy atom. The molecule has 8 heteroatoms. The molecule has 0 saturated carbocycles. The molecule has 2 rings (SSSR count). The third kappa shape index (κ3) is 4.28. The Hall–Kier alpha value is -1.93. The molecule has 0 unspecified atom stereocenters. The molecule has 2 aromatic rings. The number of benzene rings is 1. The lowest BCUT2D eigenvalue weighted by Crippen LogP contribution is -2.33. The minimum Gasteiger partial charge on any atom is -0.383 e. The largest absolute Gasteiger partial charge is 0.383 e. The second kappa shape index (κ2) is 7.90. The van der Waals surface area contributed by atoms with Crippen molar-refractivity contribution in [3.05, 3.63) is 29.8 Å². The quantitative estimate of drug-likeness (QED) is 0.610. The minimum absolute atomic E-state index is 0.0690. The molecule has 0 spiro atoms. The average molecular weight is 321 g/mol. The van der Waals surface area contributed by atoms with Gasteiger partial charge in [-0.1, -0.05) is 29.5 Å². The topological polar surface area (TPSA) is 81.9 Å². The molecular formula is C14H19N5O2S. The van der Waals surface area contributed by atoms with Gasteiger partial charge in [0.15, 0.2) is 0 Å². The van der Waals surface area contributed by atoms with Crippen molar-refractivity contribution in [1.29, 1.82) is 0 Å². The monoisotopic (exact) mass is 321 g/mol. The zero-order valence-corrected chi connectivity index (χ0v) is 13.6. The number of ether oxygens (including phenoxy) is 1. The molecule has 22 heavy (non-hydrogen) atoms. The first kappa shape index (κ1) is 16.4. The van der Waals surface area contributed by atoms with Crippen LogP contribution >= 0.6 is 11.8 Å². The van der Waals surface area contributed by atoms with Gasteiger partial charge in [0.1, 0.15) is 0 Å². The Balaban J connectivity index is 2.03. The first-order valence-electron chi connectivity index (χ1n) is 6.90. The number of aromatic nitrogens is 4. The molecule has 7 nitrogen and oxygen atoms in total. The molecule has 1 aromatic heterocycles. The molecule has 1 aromatic carbocycles. The van der Waals surface area contributed by atoms with Crippen LogP contribution in [0, 0.1) is 6.92 Å². The standard InChI is InChI=1S/C14H19N5O2S/c1-10-4-6-12(7-5-10)19-14(16-17-18-19)22-11(2)13(20)15-8-9-21-3/h4-7,11H,8-9H2,1-3H3,(H,15,20)/t11-/m1/s1. The van der Waals surface area contributed by atoms with E-state index >= 15 is 0 Å². The molecular weight excluding hydrogens is 302 g/mol. The van der Waals surface area contributed by atoms with Gasteiger partial charge in [0.05, 0.1) is 17.5 Å². The number of hydrogen-bond acceptors (Lipinski definition) is 6. The third-order valence-corrected chi connectivity index (χ3v) is 4.01. The van der Waals surface area contributed by atoms with Crippen LogP contribution in [0.1, 0.15) is 12.5 Å². The summed E-state index contributed by atoms with van der Waals surface area (Å²) in [6.45, 7) is 4.82. The number of nitrogens with one attached hydrogen (secondary N) is 1. The second-order valence-electron chi connectivity index (χ2n) is 4.75. The van der Waals surface area contributed by atoms with E-state index in [1.165, 1.54) is 11.8 Å². The van der Waals surface area contributed by atoms with Gasteiger partial charge in [-0.15, -0.1) is 5.10 Å². The SMILES string of the molecule is COCCNC(=O)[C@@H](C)Sc1nnnn1-c1ccc(C)cc1. The van der Waals surface area contributed by atoms with E-state index in [0.29, 0.717) is 18.3 Å². The number of rotatable bonds is 7. The highest BCUT2D eigenvalue weighted by molar-refractivity contribution is 8.00. The lowest BCUT2D eigenvalue weighted by molar-refractivity contribution is -0.120. The highest BCUT2D eigenvalue weighted by Gasteiger charge is 2.18. The van der Waals surface area contributed by atoms with Crippen LogP contribution in [0.5, 0.6) is 0 Å². The maximum Gasteiger partial charge on any atom is 0.233 e. The van der Waals surface area contributed by atoms with E-state index in [1.807, 2.05) is 38.1 Å². The Morgan fingerprint density at radius 1 is 1.41 bits per heavy atom. The van der Waals surface area contributed by atoms with Crippen LogP contribution in [0.2, 0.25) is 0 Å². The lowest BCUT2D eigenvalue weighted by atomic mass is 10.2. The van der Waals surface area contributed by atoms with Gasteiger partial charge in [0, 0.05) is 13.7 Å². The predicted molar refractivity (Wildman–Crippen MR) is 84.1 cm³/mol. The first-order chi connectivity index (χ1) is 10.6. The number of carbonyl (C=O) groups is 1. The van der Waals surface area contributed by atoms with E-state index in [2.05, 4.69) is 20.8 Å². The zero-order chi connectivity index (χ0) is 15.9. The highest BCUT2D eigenvalue weighted by atomic mass is 32.2. The van der Waals surface area contributed by atoms with Crippen molar-refractivity contribution in [2.24, 2.45) is 0 Å². The van der Waals surface area contributed by atoms with Crippen LogP contribution < -0.4 is 5.32 Å². The van der Waals surface area contributed by atoms with Gasteiger partial charge < -0.3 is 10.1 Å². The summed E-state index contributed by atoms with van der Waals surface area (Å²) in [7, 11) is 1.60. The van der Waals surface area contributed by atoms with Gasteiger partial charge in [-0.05, 0) is 36.4 Å². The maximum absolute atomic E-state index is 12.0. The van der Waals surface area contributed by atoms with Gasteiger partial charge >= 0.3 is 0 Å². The molecule has 1 atom stereocenters. The van der Waals surface area contributed by atoms with Crippen molar-refractivity contribution in [3.8, 4) is 5.69 Å². The number of amides is 1. The van der Waals surface area contributed by atoms with Crippen LogP contribution in [0.25, 0.3) is 5.69 Å². The van der Waals surface area contributed by atoms with Gasteiger partial charge in [0.25, 0.3) is 0 Å². The van der Waals surface area contributed by atoms with Crippen LogP contribution in [-0.4, -0.2) is 51.6 Å². The average Bonchev–Trinajstić information content (AvgIpc) is 2.96. The molecule has 1 heterocycles. The van der Waals surface area contributed by atoms with Crippen molar-refractivity contribution in [2.75, 3.05) is 20.3 Å². The molecule has 118 valence electrons. The predicted octanol–water partition coefficient (Wildman–Crippen LogP) is 1.21. The van der Waals surface area contributed by atoms with Crippen molar-refractivity contribution in [3.63, 3.8) is 0 Å². The summed E-state index contributed by atoms with van der Waals surface area (Å²) >= 11 is 1.32. The number of methoxy groups -OCH3 is 1. The zero-order valence-electron chi connectivity index (χ0n) is 12.8. The lowest BCUT2D eigenvalue weighted by Gasteiger charge is -2.11. The van der Waals surface area contributed by atoms with Crippen LogP contribution in [-0.2, 0) is 9.53 Å². The number of thioether (sulfide) groups is 1. The number of hydrogen-bond donors (Lipinski definition) is 1. The van der Waals surface area contributed by atoms with E-state index < -0.39 is 0 Å². The summed E-state index contributed by atoms with van der Waals surface area (Å²) in [6, 6.07) is 7.87. The van der Waals surface area contributed by atoms with Gasteiger partial charge in [-0.25, -0.2) is 0 Å². The molecule has 0 saturated heterocycles. The van der Waals surface area contributed by atoms with Crippen LogP contribution in [0.3, 0.4) is 0 Å². The van der Waals surface area contributed by atoms with Gasteiger partial charge in [-0.2, -0.15) is 4.68 Å². The summed E-state index contributed by atoms with van der Waals surface area (Å²) < 4.78 is 6.53. The summed E-state index contributed by atoms with van der Waals surface area (Å²) in [5.74, 6) is -0.0690. The van der Waals surface area contributed by atoms with E-state index in [-0.39, 0.29) is 11.2 Å². The van der Waals surface area contributed by atoms with E-state index in [0.717, 1.165) is 11.3 Å². The fraction of sp³-hybridized carbons (Fsp3) is 0.429. The van der Waals surface area contributed by atoms with Crippen molar-refractivity contribution < 1.29 is 9.53 Å². The normalized spacial score (nSPS) is 12.1. The summed E-state index contributed by atoms with van der Waals surface area (Å²) in [5, 5.41) is 14.8. The molecule has 0 fully saturated rings. The Morgan fingerprint density at radius 3 is 2.82 bits per heavy atom. The fourth-order valence-corrected chi connectivity index (χ4v) is 2.56. The maximum atomic E-state index is 12.0. The number of carbonyl (C=O) groups excluding carboxylic acids is 1. The molecule has 0 bridgehead atoms. The van der Waals surface area contributed by atoms with Gasteiger partial charge in [0.2, 0.25) is 11.1 Å². The smallest absolute Gasteiger partial charge is 0.233 e. The van der Waals surface area contributed by atoms with Gasteiger partial charge in [-0.3, -0.25) is 4.79 Å². The second-order valence-corrected chi connectivity index (χ2v) is 6.06. The molecule has 0 aliphatic heterocycles. The van der Waals surface area contributed by atoms with E-state index in [4.69, 9.17) is 4.74 Å². The molecule has 1 amide bonds. The Bertz CT molecular complexity index is 614. The third-order valence-electron chi connectivity index (χ3n) is 2.98. The molecule has 1 N–H and O–H groups in total. The number of nitrogens with zero attached hydrogens (tertiary/aromatic N) is 4. The molecule has 0 radical (unpaired) electrons. The van der Waals surface area contributed by atoms with Crippen molar-refractivity contribution in [2.45, 2.75) is 24.3 Å². The highest BCUT2D eigenvalue weighted by Crippen LogP contribution is 2.22. The molecule has 0 aliphatic carbocycles.